The normalized spacial score (nSPS) is 16.0. The second-order valence-corrected chi connectivity index (χ2v) is 3.76. The van der Waals surface area contributed by atoms with Crippen molar-refractivity contribution in [3.63, 3.8) is 0 Å². The van der Waals surface area contributed by atoms with Gasteiger partial charge in [-0.25, -0.2) is 0 Å². The van der Waals surface area contributed by atoms with E-state index in [0.717, 1.165) is 12.3 Å². The molecule has 0 unspecified atom stereocenters. The molecule has 1 N–H and O–H groups in total. The molecule has 74 valence electrons. The van der Waals surface area contributed by atoms with Gasteiger partial charge in [0.1, 0.15) is 0 Å². The Bertz CT molecular complexity index is 87.0. The maximum Gasteiger partial charge on any atom is 0.0459 e. The molecule has 0 spiro atoms. The van der Waals surface area contributed by atoms with Crippen LogP contribution >= 0.6 is 0 Å². The van der Waals surface area contributed by atoms with Crippen molar-refractivity contribution in [1.82, 2.24) is 0 Å². The van der Waals surface area contributed by atoms with Crippen molar-refractivity contribution < 1.29 is 5.11 Å². The van der Waals surface area contributed by atoms with Gasteiger partial charge in [-0.1, -0.05) is 46.5 Å². The molecule has 12 heavy (non-hydrogen) atoms. The SMILES string of the molecule is CCC[C@H](CC)C[C@H](CC)CO. The zero-order chi connectivity index (χ0) is 9.40. The minimum absolute atomic E-state index is 0.372. The molecule has 0 aliphatic rings. The topological polar surface area (TPSA) is 20.2 Å². The fourth-order valence-corrected chi connectivity index (χ4v) is 1.74. The quantitative estimate of drug-likeness (QED) is 0.625. The van der Waals surface area contributed by atoms with Gasteiger partial charge in [-0.05, 0) is 18.3 Å². The molecule has 0 heterocycles. The Kier molecular flexibility index (Phi) is 7.58. The molecule has 0 aromatic carbocycles. The Morgan fingerprint density at radius 3 is 1.92 bits per heavy atom. The van der Waals surface area contributed by atoms with E-state index in [1.165, 1.54) is 25.7 Å². The van der Waals surface area contributed by atoms with Crippen molar-refractivity contribution in [2.75, 3.05) is 6.61 Å². The molecular formula is C11H24O. The van der Waals surface area contributed by atoms with Crippen molar-refractivity contribution in [2.24, 2.45) is 11.8 Å². The summed E-state index contributed by atoms with van der Waals surface area (Å²) in [7, 11) is 0. The first kappa shape index (κ1) is 12.0. The highest BCUT2D eigenvalue weighted by atomic mass is 16.3. The molecule has 0 aromatic heterocycles. The molecule has 1 nitrogen and oxygen atoms in total. The van der Waals surface area contributed by atoms with Crippen molar-refractivity contribution in [3.05, 3.63) is 0 Å². The summed E-state index contributed by atoms with van der Waals surface area (Å²) in [5, 5.41) is 9.04. The smallest absolute Gasteiger partial charge is 0.0459 e. The monoisotopic (exact) mass is 172 g/mol. The molecule has 0 rings (SSSR count). The first-order chi connectivity index (χ1) is 5.78. The summed E-state index contributed by atoms with van der Waals surface area (Å²) in [5.41, 5.74) is 0. The van der Waals surface area contributed by atoms with Gasteiger partial charge in [0.2, 0.25) is 0 Å². The van der Waals surface area contributed by atoms with E-state index in [4.69, 9.17) is 5.11 Å². The van der Waals surface area contributed by atoms with Crippen molar-refractivity contribution in [2.45, 2.75) is 52.9 Å². The third kappa shape index (κ3) is 4.76. The van der Waals surface area contributed by atoms with Crippen LogP contribution in [0.2, 0.25) is 0 Å². The molecule has 0 aliphatic carbocycles. The van der Waals surface area contributed by atoms with Crippen LogP contribution in [0.15, 0.2) is 0 Å². The average Bonchev–Trinajstić information content (AvgIpc) is 2.12. The van der Waals surface area contributed by atoms with Crippen LogP contribution in [0.25, 0.3) is 0 Å². The second-order valence-electron chi connectivity index (χ2n) is 3.76. The van der Waals surface area contributed by atoms with Gasteiger partial charge in [-0.3, -0.25) is 0 Å². The fraction of sp³-hybridized carbons (Fsp3) is 1.00. The lowest BCUT2D eigenvalue weighted by molar-refractivity contribution is 0.191. The summed E-state index contributed by atoms with van der Waals surface area (Å²) in [5.74, 6) is 1.38. The Hall–Kier alpha value is -0.0400. The van der Waals surface area contributed by atoms with Crippen LogP contribution in [0, 0.1) is 11.8 Å². The fourth-order valence-electron chi connectivity index (χ4n) is 1.74. The number of aliphatic hydroxyl groups is 1. The van der Waals surface area contributed by atoms with Crippen LogP contribution in [0.3, 0.4) is 0 Å². The molecule has 1 heteroatoms. The van der Waals surface area contributed by atoms with Crippen LogP contribution in [0.1, 0.15) is 52.9 Å². The number of hydrogen-bond acceptors (Lipinski definition) is 1. The van der Waals surface area contributed by atoms with Crippen molar-refractivity contribution in [1.29, 1.82) is 0 Å². The lowest BCUT2D eigenvalue weighted by Gasteiger charge is -2.19. The van der Waals surface area contributed by atoms with Gasteiger partial charge in [0, 0.05) is 6.61 Å². The Morgan fingerprint density at radius 2 is 1.58 bits per heavy atom. The molecule has 0 bridgehead atoms. The van der Waals surface area contributed by atoms with Gasteiger partial charge in [-0.15, -0.1) is 0 Å². The molecule has 2 atom stereocenters. The number of rotatable bonds is 7. The predicted octanol–water partition coefficient (Wildman–Crippen LogP) is 3.22. The van der Waals surface area contributed by atoms with Gasteiger partial charge in [-0.2, -0.15) is 0 Å². The van der Waals surface area contributed by atoms with E-state index >= 15 is 0 Å². The minimum atomic E-state index is 0.372. The largest absolute Gasteiger partial charge is 0.396 e. The highest BCUT2D eigenvalue weighted by Gasteiger charge is 2.11. The Morgan fingerprint density at radius 1 is 1.00 bits per heavy atom. The number of aliphatic hydroxyl groups excluding tert-OH is 1. The Balaban J connectivity index is 3.65. The first-order valence-electron chi connectivity index (χ1n) is 5.39. The van der Waals surface area contributed by atoms with Crippen LogP contribution < -0.4 is 0 Å². The molecule has 0 aromatic rings. The van der Waals surface area contributed by atoms with Gasteiger partial charge in [0.05, 0.1) is 0 Å². The molecule has 0 saturated heterocycles. The van der Waals surface area contributed by atoms with Gasteiger partial charge >= 0.3 is 0 Å². The third-order valence-electron chi connectivity index (χ3n) is 2.78. The summed E-state index contributed by atoms with van der Waals surface area (Å²) in [4.78, 5) is 0. The summed E-state index contributed by atoms with van der Waals surface area (Å²) in [6.07, 6.45) is 6.21. The first-order valence-corrected chi connectivity index (χ1v) is 5.39. The minimum Gasteiger partial charge on any atom is -0.396 e. The van der Waals surface area contributed by atoms with Crippen LogP contribution in [-0.4, -0.2) is 11.7 Å². The maximum absolute atomic E-state index is 9.04. The van der Waals surface area contributed by atoms with Gasteiger partial charge in [0.15, 0.2) is 0 Å². The van der Waals surface area contributed by atoms with E-state index in [-0.39, 0.29) is 0 Å². The van der Waals surface area contributed by atoms with Gasteiger partial charge in [0.25, 0.3) is 0 Å². The van der Waals surface area contributed by atoms with Crippen molar-refractivity contribution in [3.8, 4) is 0 Å². The molecule has 0 amide bonds. The lowest BCUT2D eigenvalue weighted by atomic mass is 9.88. The average molecular weight is 172 g/mol. The van der Waals surface area contributed by atoms with Gasteiger partial charge < -0.3 is 5.11 Å². The zero-order valence-corrected chi connectivity index (χ0v) is 8.84. The molecule has 0 fully saturated rings. The van der Waals surface area contributed by atoms with E-state index in [1.54, 1.807) is 0 Å². The van der Waals surface area contributed by atoms with Crippen LogP contribution in [-0.2, 0) is 0 Å². The summed E-state index contributed by atoms with van der Waals surface area (Å²) in [6, 6.07) is 0. The zero-order valence-electron chi connectivity index (χ0n) is 8.84. The summed E-state index contributed by atoms with van der Waals surface area (Å²) < 4.78 is 0. The molecule has 0 aliphatic heterocycles. The third-order valence-corrected chi connectivity index (χ3v) is 2.78. The van der Waals surface area contributed by atoms with Crippen LogP contribution in [0.4, 0.5) is 0 Å². The lowest BCUT2D eigenvalue weighted by Crippen LogP contribution is -2.11. The summed E-state index contributed by atoms with van der Waals surface area (Å²) >= 11 is 0. The van der Waals surface area contributed by atoms with E-state index in [0.29, 0.717) is 12.5 Å². The highest BCUT2D eigenvalue weighted by molar-refractivity contribution is 4.63. The van der Waals surface area contributed by atoms with E-state index in [9.17, 15) is 0 Å². The molecule has 0 radical (unpaired) electrons. The van der Waals surface area contributed by atoms with E-state index < -0.39 is 0 Å². The Labute approximate surface area is 77.2 Å². The summed E-state index contributed by atoms with van der Waals surface area (Å²) in [6.45, 7) is 7.03. The molecule has 0 saturated carbocycles. The second kappa shape index (κ2) is 7.60. The van der Waals surface area contributed by atoms with E-state index in [1.807, 2.05) is 0 Å². The molecular weight excluding hydrogens is 148 g/mol. The van der Waals surface area contributed by atoms with Crippen LogP contribution in [0.5, 0.6) is 0 Å². The van der Waals surface area contributed by atoms with E-state index in [2.05, 4.69) is 20.8 Å². The number of hydrogen-bond donors (Lipinski definition) is 1. The predicted molar refractivity (Wildman–Crippen MR) is 54.2 cm³/mol. The standard InChI is InChI=1S/C11H24O/c1-4-7-10(5-2)8-11(6-3)9-12/h10-12H,4-9H2,1-3H3/t10-,11-/m0/s1. The maximum atomic E-state index is 9.04. The van der Waals surface area contributed by atoms with Crippen molar-refractivity contribution >= 4 is 0 Å². The highest BCUT2D eigenvalue weighted by Crippen LogP contribution is 2.22.